The maximum Gasteiger partial charge on any atom is 0.255 e. The van der Waals surface area contributed by atoms with Crippen LogP contribution in [0.15, 0.2) is 71.9 Å². The van der Waals surface area contributed by atoms with Gasteiger partial charge in [0.2, 0.25) is 5.95 Å². The summed E-state index contributed by atoms with van der Waals surface area (Å²) in [6, 6.07) is 17.4. The smallest absolute Gasteiger partial charge is 0.255 e. The van der Waals surface area contributed by atoms with E-state index in [9.17, 15) is 9.90 Å². The van der Waals surface area contributed by atoms with E-state index in [1.54, 1.807) is 16.8 Å². The molecule has 0 saturated heterocycles. The van der Waals surface area contributed by atoms with Crippen molar-refractivity contribution in [1.29, 1.82) is 0 Å². The number of hydrogen-bond acceptors (Lipinski definition) is 6. The monoisotopic (exact) mass is 427 g/mol. The number of aromatic nitrogens is 4. The molecule has 1 aliphatic rings. The molecule has 1 aliphatic heterocycles. The minimum absolute atomic E-state index is 0.121. The number of anilines is 1. The van der Waals surface area contributed by atoms with Gasteiger partial charge < -0.3 is 10.0 Å². The molecule has 0 fully saturated rings. The Morgan fingerprint density at radius 2 is 1.88 bits per heavy atom. The highest BCUT2D eigenvalue weighted by atomic mass is 16.3. The second-order valence-electron chi connectivity index (χ2n) is 8.82. The summed E-state index contributed by atoms with van der Waals surface area (Å²) in [5, 5.41) is 13.4. The van der Waals surface area contributed by atoms with Gasteiger partial charge in [-0.05, 0) is 48.7 Å². The Balaban J connectivity index is 1.54. The second-order valence-corrected chi connectivity index (χ2v) is 8.82. The molecule has 7 nitrogen and oxygen atoms in total. The number of aliphatic hydroxyl groups is 1. The predicted octanol–water partition coefficient (Wildman–Crippen LogP) is 3.58. The molecule has 0 saturated carbocycles. The van der Waals surface area contributed by atoms with Crippen LogP contribution in [-0.2, 0) is 6.54 Å². The SMILES string of the molecule is CC1(C)CCn2c(nc(-c3ccncn3)cc2=O)N1C[C@H](O)c1ccc2ccccc2c1. The van der Waals surface area contributed by atoms with Crippen LogP contribution in [0.4, 0.5) is 5.95 Å². The van der Waals surface area contributed by atoms with Crippen molar-refractivity contribution in [3.63, 3.8) is 0 Å². The third kappa shape index (κ3) is 3.65. The molecule has 4 aromatic rings. The van der Waals surface area contributed by atoms with Crippen molar-refractivity contribution in [3.05, 3.63) is 83.0 Å². The van der Waals surface area contributed by atoms with Crippen LogP contribution >= 0.6 is 0 Å². The fraction of sp³-hybridized carbons (Fsp3) is 0.280. The van der Waals surface area contributed by atoms with Crippen LogP contribution in [0.1, 0.15) is 31.9 Å². The molecule has 0 aliphatic carbocycles. The summed E-state index contributed by atoms with van der Waals surface area (Å²) in [4.78, 5) is 28.0. The molecule has 0 radical (unpaired) electrons. The molecular formula is C25H25N5O2. The molecule has 0 bridgehead atoms. The topological polar surface area (TPSA) is 84.1 Å². The van der Waals surface area contributed by atoms with Gasteiger partial charge in [0.1, 0.15) is 6.33 Å². The first-order valence-corrected chi connectivity index (χ1v) is 10.7. The molecule has 3 heterocycles. The van der Waals surface area contributed by atoms with Crippen molar-refractivity contribution in [2.75, 3.05) is 11.4 Å². The van der Waals surface area contributed by atoms with Crippen LogP contribution in [0.25, 0.3) is 22.2 Å². The lowest BCUT2D eigenvalue weighted by atomic mass is 9.94. The van der Waals surface area contributed by atoms with Crippen molar-refractivity contribution in [1.82, 2.24) is 19.5 Å². The molecule has 2 aromatic heterocycles. The quantitative estimate of drug-likeness (QED) is 0.536. The molecule has 0 unspecified atom stereocenters. The third-order valence-electron chi connectivity index (χ3n) is 6.27. The third-order valence-corrected chi connectivity index (χ3v) is 6.27. The fourth-order valence-electron chi connectivity index (χ4n) is 4.30. The van der Waals surface area contributed by atoms with Crippen LogP contribution in [0.3, 0.4) is 0 Å². The van der Waals surface area contributed by atoms with E-state index in [0.29, 0.717) is 30.4 Å². The van der Waals surface area contributed by atoms with Crippen LogP contribution < -0.4 is 10.5 Å². The number of fused-ring (bicyclic) bond motifs is 2. The summed E-state index contributed by atoms with van der Waals surface area (Å²) < 4.78 is 1.68. The van der Waals surface area contributed by atoms with Crippen molar-refractivity contribution >= 4 is 16.7 Å². The van der Waals surface area contributed by atoms with E-state index in [1.165, 1.54) is 12.4 Å². The molecule has 1 N–H and O–H groups in total. The van der Waals surface area contributed by atoms with E-state index in [1.807, 2.05) is 41.3 Å². The molecule has 32 heavy (non-hydrogen) atoms. The summed E-state index contributed by atoms with van der Waals surface area (Å²) >= 11 is 0. The van der Waals surface area contributed by atoms with E-state index in [4.69, 9.17) is 4.98 Å². The van der Waals surface area contributed by atoms with Crippen molar-refractivity contribution in [2.24, 2.45) is 0 Å². The number of rotatable bonds is 4. The summed E-state index contributed by atoms with van der Waals surface area (Å²) in [6.45, 7) is 5.14. The Labute approximate surface area is 186 Å². The number of hydrogen-bond donors (Lipinski definition) is 1. The molecule has 0 spiro atoms. The Hall–Kier alpha value is -3.58. The largest absolute Gasteiger partial charge is 0.387 e. The summed E-state index contributed by atoms with van der Waals surface area (Å²) in [5.74, 6) is 0.558. The summed E-state index contributed by atoms with van der Waals surface area (Å²) in [6.07, 6.45) is 3.12. The lowest BCUT2D eigenvalue weighted by Gasteiger charge is -2.45. The number of aliphatic hydroxyl groups excluding tert-OH is 1. The number of benzene rings is 2. The number of β-amino-alcohol motifs (C(OH)–C–C–N with tert-alkyl or cyclic N) is 1. The van der Waals surface area contributed by atoms with Crippen molar-refractivity contribution in [3.8, 4) is 11.4 Å². The lowest BCUT2D eigenvalue weighted by molar-refractivity contribution is 0.169. The van der Waals surface area contributed by atoms with Gasteiger partial charge in [-0.25, -0.2) is 15.0 Å². The minimum atomic E-state index is -0.731. The van der Waals surface area contributed by atoms with Crippen LogP contribution in [-0.4, -0.2) is 36.7 Å². The minimum Gasteiger partial charge on any atom is -0.387 e. The zero-order valence-electron chi connectivity index (χ0n) is 18.1. The van der Waals surface area contributed by atoms with E-state index in [2.05, 4.69) is 29.9 Å². The van der Waals surface area contributed by atoms with Gasteiger partial charge in [0, 0.05) is 24.3 Å². The van der Waals surface area contributed by atoms with Crippen LogP contribution in [0, 0.1) is 0 Å². The van der Waals surface area contributed by atoms with E-state index >= 15 is 0 Å². The average Bonchev–Trinajstić information content (AvgIpc) is 2.81. The van der Waals surface area contributed by atoms with Gasteiger partial charge >= 0.3 is 0 Å². The van der Waals surface area contributed by atoms with Crippen molar-refractivity contribution in [2.45, 2.75) is 38.5 Å². The van der Waals surface area contributed by atoms with Crippen LogP contribution in [0.2, 0.25) is 0 Å². The van der Waals surface area contributed by atoms with E-state index < -0.39 is 6.10 Å². The predicted molar refractivity (Wildman–Crippen MR) is 124 cm³/mol. The zero-order valence-corrected chi connectivity index (χ0v) is 18.1. The first kappa shape index (κ1) is 20.3. The number of nitrogens with zero attached hydrogens (tertiary/aromatic N) is 5. The van der Waals surface area contributed by atoms with Crippen molar-refractivity contribution < 1.29 is 5.11 Å². The Kier molecular flexibility index (Phi) is 4.98. The summed E-state index contributed by atoms with van der Waals surface area (Å²) in [5.41, 5.74) is 1.54. The van der Waals surface area contributed by atoms with Gasteiger partial charge in [0.05, 0.1) is 24.0 Å². The fourth-order valence-corrected chi connectivity index (χ4v) is 4.30. The van der Waals surface area contributed by atoms with Gasteiger partial charge in [-0.1, -0.05) is 36.4 Å². The van der Waals surface area contributed by atoms with Gasteiger partial charge in [-0.15, -0.1) is 0 Å². The van der Waals surface area contributed by atoms with Gasteiger partial charge in [0.15, 0.2) is 0 Å². The second kappa shape index (κ2) is 7.84. The van der Waals surface area contributed by atoms with Gasteiger partial charge in [-0.2, -0.15) is 0 Å². The first-order chi connectivity index (χ1) is 15.4. The maximum absolute atomic E-state index is 12.9. The molecule has 1 atom stereocenters. The highest BCUT2D eigenvalue weighted by Gasteiger charge is 2.36. The highest BCUT2D eigenvalue weighted by Crippen LogP contribution is 2.33. The van der Waals surface area contributed by atoms with Gasteiger partial charge in [0.25, 0.3) is 5.56 Å². The average molecular weight is 428 g/mol. The molecule has 7 heteroatoms. The molecule has 0 amide bonds. The van der Waals surface area contributed by atoms with Gasteiger partial charge in [-0.3, -0.25) is 9.36 Å². The van der Waals surface area contributed by atoms with Crippen LogP contribution in [0.5, 0.6) is 0 Å². The summed E-state index contributed by atoms with van der Waals surface area (Å²) in [7, 11) is 0. The maximum atomic E-state index is 12.9. The van der Waals surface area contributed by atoms with E-state index in [-0.39, 0.29) is 11.1 Å². The lowest BCUT2D eigenvalue weighted by Crippen LogP contribution is -2.53. The molecule has 162 valence electrons. The standard InChI is InChI=1S/C25H25N5O2/c1-25(2)10-12-29-23(32)14-21(20-9-11-26-16-27-20)28-24(29)30(25)15-22(31)19-8-7-17-5-3-4-6-18(17)13-19/h3-9,11,13-14,16,22,31H,10,12,15H2,1-2H3/t22-/m0/s1. The molecule has 2 aromatic carbocycles. The first-order valence-electron chi connectivity index (χ1n) is 10.7. The molecule has 5 rings (SSSR count). The highest BCUT2D eigenvalue weighted by molar-refractivity contribution is 5.83. The van der Waals surface area contributed by atoms with E-state index in [0.717, 1.165) is 22.8 Å². The molecular weight excluding hydrogens is 402 g/mol. The Morgan fingerprint density at radius 1 is 1.06 bits per heavy atom. The zero-order chi connectivity index (χ0) is 22.3. The normalized spacial score (nSPS) is 16.0. The Morgan fingerprint density at radius 3 is 2.66 bits per heavy atom. The Bertz CT molecular complexity index is 1330.